The molecule has 2 aromatic carbocycles. The first-order valence-corrected chi connectivity index (χ1v) is 13.7. The molecule has 0 fully saturated rings. The van der Waals surface area contributed by atoms with Crippen molar-refractivity contribution in [2.75, 3.05) is 0 Å². The summed E-state index contributed by atoms with van der Waals surface area (Å²) in [6.45, 7) is 9.06. The average Bonchev–Trinajstić information content (AvgIpc) is 3.26. The van der Waals surface area contributed by atoms with Crippen molar-refractivity contribution in [2.24, 2.45) is 0 Å². The summed E-state index contributed by atoms with van der Waals surface area (Å²) in [5.74, 6) is 0. The van der Waals surface area contributed by atoms with E-state index in [-0.39, 0.29) is 24.8 Å². The fourth-order valence-corrected chi connectivity index (χ4v) is 9.02. The van der Waals surface area contributed by atoms with Crippen LogP contribution in [0.3, 0.4) is 0 Å². The van der Waals surface area contributed by atoms with E-state index in [0.717, 1.165) is 12.8 Å². The van der Waals surface area contributed by atoms with Crippen molar-refractivity contribution in [3.63, 3.8) is 0 Å². The van der Waals surface area contributed by atoms with E-state index in [0.29, 0.717) is 0 Å². The van der Waals surface area contributed by atoms with E-state index < -0.39 is 23.2 Å². The van der Waals surface area contributed by atoms with Crippen LogP contribution in [0.25, 0.3) is 11.1 Å². The predicted octanol–water partition coefficient (Wildman–Crippen LogP) is 2.49. The summed E-state index contributed by atoms with van der Waals surface area (Å²) in [7, 11) is 0. The summed E-state index contributed by atoms with van der Waals surface area (Å²) in [4.78, 5) is 0. The summed E-state index contributed by atoms with van der Waals surface area (Å²) in [5, 5.41) is 0. The van der Waals surface area contributed by atoms with Crippen molar-refractivity contribution < 1.29 is 48.0 Å². The van der Waals surface area contributed by atoms with Crippen molar-refractivity contribution in [3.8, 4) is 0 Å². The Hall–Kier alpha value is -1.66. The van der Waals surface area contributed by atoms with Crippen molar-refractivity contribution in [1.29, 1.82) is 0 Å². The Morgan fingerprint density at radius 1 is 0.606 bits per heavy atom. The molecule has 0 saturated heterocycles. The number of benzene rings is 2. The first kappa shape index (κ1) is 27.6. The van der Waals surface area contributed by atoms with E-state index in [1.54, 1.807) is 6.56 Å². The van der Waals surface area contributed by atoms with Crippen LogP contribution in [0.5, 0.6) is 0 Å². The Kier molecular flexibility index (Phi) is 10.6. The Balaban J connectivity index is 0.00000193. The molecule has 0 nitrogen and oxygen atoms in total. The molecule has 2 aromatic rings. The van der Waals surface area contributed by atoms with Gasteiger partial charge in [0.25, 0.3) is 0 Å². The number of halogens is 2. The summed E-state index contributed by atoms with van der Waals surface area (Å²) < 4.78 is 3.25. The maximum absolute atomic E-state index is 2.43. The van der Waals surface area contributed by atoms with Gasteiger partial charge in [0.05, 0.1) is 0 Å². The predicted molar refractivity (Wildman–Crippen MR) is 131 cm³/mol. The fourth-order valence-electron chi connectivity index (χ4n) is 4.55. The first-order chi connectivity index (χ1) is 15.1. The van der Waals surface area contributed by atoms with Crippen LogP contribution in [0.15, 0.2) is 114 Å². The normalized spacial score (nSPS) is 17.6. The van der Waals surface area contributed by atoms with Gasteiger partial charge in [0.1, 0.15) is 0 Å². The minimum Gasteiger partial charge on any atom is -1.00 e. The van der Waals surface area contributed by atoms with Gasteiger partial charge in [-0.3, -0.25) is 0 Å². The van der Waals surface area contributed by atoms with Gasteiger partial charge >= 0.3 is 200 Å². The Labute approximate surface area is 223 Å². The summed E-state index contributed by atoms with van der Waals surface area (Å²) in [6.07, 6.45) is 11.8. The molecule has 0 unspecified atom stereocenters. The molecule has 0 saturated carbocycles. The van der Waals surface area contributed by atoms with Gasteiger partial charge in [-0.25, -0.2) is 0 Å². The average molecular weight is 553 g/mol. The Bertz CT molecular complexity index is 1070. The molecule has 3 heteroatoms. The number of allylic oxidation sites excluding steroid dienone is 12. The van der Waals surface area contributed by atoms with Gasteiger partial charge in [0, 0.05) is 0 Å². The maximum atomic E-state index is 2.43. The van der Waals surface area contributed by atoms with Gasteiger partial charge in [0.2, 0.25) is 0 Å². The molecule has 0 aliphatic heterocycles. The zero-order valence-corrected chi connectivity index (χ0v) is 23.7. The fraction of sp³-hybridized carbons (Fsp3) is 0.200. The molecule has 33 heavy (non-hydrogen) atoms. The molecule has 2 aliphatic carbocycles. The molecule has 0 aromatic heterocycles. The van der Waals surface area contributed by atoms with Gasteiger partial charge < -0.3 is 24.8 Å². The van der Waals surface area contributed by atoms with Gasteiger partial charge in [-0.05, 0) is 0 Å². The standard InChI is InChI=1S/2C15H15.2ClH.Zr/c2*1-3-7-13-10-12(2)15(11-13)14-8-5-4-6-9-14;;;/h2*4-10H,3H2,1-2H3;2*1H;/q;;;;+2/p-2. The Morgan fingerprint density at radius 3 is 1.30 bits per heavy atom. The monoisotopic (exact) mass is 550 g/mol. The smallest absolute Gasteiger partial charge is 1.00 e. The van der Waals surface area contributed by atoms with Crippen LogP contribution >= 0.6 is 0 Å². The molecule has 0 bridgehead atoms. The van der Waals surface area contributed by atoms with Crippen LogP contribution in [-0.4, -0.2) is 0 Å². The van der Waals surface area contributed by atoms with Crippen LogP contribution in [0.1, 0.15) is 51.7 Å². The zero-order valence-electron chi connectivity index (χ0n) is 19.8. The minimum absolute atomic E-state index is 0. The quantitative estimate of drug-likeness (QED) is 0.517. The summed E-state index contributed by atoms with van der Waals surface area (Å²) in [5.41, 5.74) is 11.4. The third-order valence-electron chi connectivity index (χ3n) is 5.83. The molecule has 0 heterocycles. The third-order valence-corrected chi connectivity index (χ3v) is 9.71. The van der Waals surface area contributed by atoms with Crippen molar-refractivity contribution in [2.45, 2.75) is 40.5 Å². The van der Waals surface area contributed by atoms with Crippen LogP contribution in [0, 0.1) is 0 Å². The second kappa shape index (κ2) is 12.7. The largest absolute Gasteiger partial charge is 1.00 e. The van der Waals surface area contributed by atoms with E-state index in [9.17, 15) is 0 Å². The van der Waals surface area contributed by atoms with Gasteiger partial charge in [0.15, 0.2) is 0 Å². The molecule has 0 atom stereocenters. The summed E-state index contributed by atoms with van der Waals surface area (Å²) >= 11 is -1.07. The van der Waals surface area contributed by atoms with Crippen LogP contribution in [-0.2, 0) is 23.2 Å². The molecule has 0 spiro atoms. The van der Waals surface area contributed by atoms with E-state index in [2.05, 4.69) is 113 Å². The second-order valence-corrected chi connectivity index (χ2v) is 11.2. The Morgan fingerprint density at radius 2 is 0.970 bits per heavy atom. The van der Waals surface area contributed by atoms with Gasteiger partial charge in [-0.15, -0.1) is 0 Å². The third kappa shape index (κ3) is 5.89. The van der Waals surface area contributed by atoms with E-state index >= 15 is 0 Å². The van der Waals surface area contributed by atoms with Crippen molar-refractivity contribution >= 4 is 11.1 Å². The molecular formula is C30H30Cl2Zr. The van der Waals surface area contributed by atoms with Crippen LogP contribution in [0.4, 0.5) is 0 Å². The molecule has 168 valence electrons. The van der Waals surface area contributed by atoms with Crippen molar-refractivity contribution in [3.05, 3.63) is 125 Å². The molecule has 4 rings (SSSR count). The number of hydrogen-bond acceptors (Lipinski definition) is 0. The van der Waals surface area contributed by atoms with E-state index in [4.69, 9.17) is 0 Å². The number of hydrogen-bond donors (Lipinski definition) is 0. The van der Waals surface area contributed by atoms with E-state index in [1.807, 2.05) is 0 Å². The van der Waals surface area contributed by atoms with E-state index in [1.165, 1.54) is 44.6 Å². The minimum atomic E-state index is -1.07. The topological polar surface area (TPSA) is 0 Å². The van der Waals surface area contributed by atoms with Gasteiger partial charge in [-0.2, -0.15) is 0 Å². The van der Waals surface area contributed by atoms with Gasteiger partial charge in [-0.1, -0.05) is 0 Å². The van der Waals surface area contributed by atoms with Crippen LogP contribution < -0.4 is 24.8 Å². The molecular weight excluding hydrogens is 522 g/mol. The van der Waals surface area contributed by atoms with Crippen LogP contribution in [0.2, 0.25) is 0 Å². The molecule has 0 N–H and O–H groups in total. The van der Waals surface area contributed by atoms with Crippen molar-refractivity contribution in [1.82, 2.24) is 0 Å². The second-order valence-electron chi connectivity index (χ2n) is 8.15. The molecule has 0 amide bonds. The maximum Gasteiger partial charge on any atom is -1.00 e. The summed E-state index contributed by atoms with van der Waals surface area (Å²) in [6, 6.07) is 22.0. The SMILES string of the molecule is CCC=C1C=C(C)C(c2ccccc2)=[C]1[Zr+2][C]1=C(c2ccccc2)C(C)=CC1=CCC.[Cl-].[Cl-]. The molecule has 0 radical (unpaired) electrons. The molecule has 2 aliphatic rings. The number of rotatable bonds is 6. The zero-order chi connectivity index (χ0) is 21.8. The first-order valence-electron chi connectivity index (χ1n) is 11.3.